The Labute approximate surface area is 504 Å². The van der Waals surface area contributed by atoms with Gasteiger partial charge in [-0.05, 0) is 77.0 Å². The van der Waals surface area contributed by atoms with Gasteiger partial charge in [-0.2, -0.15) is 0 Å². The van der Waals surface area contributed by atoms with Crippen molar-refractivity contribution in [2.45, 2.75) is 346 Å². The van der Waals surface area contributed by atoms with Crippen LogP contribution in [0.2, 0.25) is 0 Å². The van der Waals surface area contributed by atoms with Crippen molar-refractivity contribution in [3.8, 4) is 0 Å². The molecule has 6 N–H and O–H groups in total. The standard InChI is InChI=1S/C73H129NO8/c1-3-5-7-9-11-13-15-17-19-21-23-25-26-27-28-29-30-31-32-33-34-35-36-37-38-39-40-41-42-43-45-47-49-51-53-55-57-59-61-63-69(77)74-66(65-81-73-72(80)71(79)70(78)68(64-75)82-73)67(76)62-60-58-56-54-52-50-48-46-44-24-22-20-18-16-14-12-10-8-6-4-2/h5,7,11,13,17,19,23,25,27-28,30-31,33-34,60,62,66-68,70-73,75-76,78-80H,3-4,6,8-10,12,14-16,18,20-22,24,26,29,32,35-59,61,63-65H2,1-2H3,(H,74,77)/b7-5-,13-11-,19-17-,25-23-,28-27-,31-30-,34-33-,62-60+. The van der Waals surface area contributed by atoms with Crippen LogP contribution in [0.5, 0.6) is 0 Å². The van der Waals surface area contributed by atoms with E-state index in [1.165, 1.54) is 199 Å². The lowest BCUT2D eigenvalue weighted by molar-refractivity contribution is -0.302. The van der Waals surface area contributed by atoms with Gasteiger partial charge in [0, 0.05) is 6.42 Å². The van der Waals surface area contributed by atoms with Crippen molar-refractivity contribution in [3.63, 3.8) is 0 Å². The van der Waals surface area contributed by atoms with E-state index >= 15 is 0 Å². The maximum atomic E-state index is 13.1. The topological polar surface area (TPSA) is 149 Å². The molecule has 1 fully saturated rings. The van der Waals surface area contributed by atoms with Crippen LogP contribution < -0.4 is 5.32 Å². The molecule has 474 valence electrons. The van der Waals surface area contributed by atoms with Crippen LogP contribution >= 0.6 is 0 Å². The lowest BCUT2D eigenvalue weighted by atomic mass is 9.99. The minimum Gasteiger partial charge on any atom is -0.394 e. The maximum Gasteiger partial charge on any atom is 0.220 e. The zero-order valence-corrected chi connectivity index (χ0v) is 53.0. The Bertz CT molecular complexity index is 1620. The first-order valence-corrected chi connectivity index (χ1v) is 34.5. The molecule has 1 aliphatic heterocycles. The zero-order chi connectivity index (χ0) is 59.3. The Balaban J connectivity index is 2.10. The van der Waals surface area contributed by atoms with Crippen LogP contribution in [0.3, 0.4) is 0 Å². The molecule has 0 aromatic rings. The summed E-state index contributed by atoms with van der Waals surface area (Å²) in [5.41, 5.74) is 0. The van der Waals surface area contributed by atoms with Crippen LogP contribution in [-0.2, 0) is 14.3 Å². The molecule has 0 bridgehead atoms. The number of aliphatic hydroxyl groups is 5. The molecule has 9 heteroatoms. The van der Waals surface area contributed by atoms with Gasteiger partial charge in [-0.1, -0.05) is 317 Å². The van der Waals surface area contributed by atoms with Crippen LogP contribution in [0.15, 0.2) is 97.2 Å². The highest BCUT2D eigenvalue weighted by Gasteiger charge is 2.44. The van der Waals surface area contributed by atoms with E-state index in [0.717, 1.165) is 83.5 Å². The van der Waals surface area contributed by atoms with E-state index in [9.17, 15) is 30.3 Å². The number of amides is 1. The fourth-order valence-corrected chi connectivity index (χ4v) is 10.6. The highest BCUT2D eigenvalue weighted by Crippen LogP contribution is 2.23. The summed E-state index contributed by atoms with van der Waals surface area (Å²) in [7, 11) is 0. The second-order valence-corrected chi connectivity index (χ2v) is 23.6. The van der Waals surface area contributed by atoms with Gasteiger partial charge in [0.25, 0.3) is 0 Å². The van der Waals surface area contributed by atoms with Gasteiger partial charge in [-0.3, -0.25) is 4.79 Å². The highest BCUT2D eigenvalue weighted by molar-refractivity contribution is 5.76. The van der Waals surface area contributed by atoms with Crippen LogP contribution in [0.25, 0.3) is 0 Å². The van der Waals surface area contributed by atoms with Gasteiger partial charge in [0.05, 0.1) is 25.4 Å². The van der Waals surface area contributed by atoms with Crippen molar-refractivity contribution in [1.29, 1.82) is 0 Å². The van der Waals surface area contributed by atoms with Crippen LogP contribution in [0.4, 0.5) is 0 Å². The Morgan fingerprint density at radius 3 is 1.12 bits per heavy atom. The molecule has 0 radical (unpaired) electrons. The Morgan fingerprint density at radius 2 is 0.756 bits per heavy atom. The average Bonchev–Trinajstić information content (AvgIpc) is 3.52. The minimum atomic E-state index is -1.57. The fraction of sp³-hybridized carbons (Fsp3) is 0.767. The van der Waals surface area contributed by atoms with Gasteiger partial charge < -0.3 is 40.3 Å². The quantitative estimate of drug-likeness (QED) is 0.0261. The molecule has 0 spiro atoms. The molecule has 0 aromatic carbocycles. The third kappa shape index (κ3) is 49.4. The number of carbonyl (C=O) groups is 1. The van der Waals surface area contributed by atoms with E-state index in [2.05, 4.69) is 104 Å². The smallest absolute Gasteiger partial charge is 0.220 e. The summed E-state index contributed by atoms with van der Waals surface area (Å²) >= 11 is 0. The van der Waals surface area contributed by atoms with Gasteiger partial charge in [0.2, 0.25) is 5.91 Å². The number of hydrogen-bond acceptors (Lipinski definition) is 8. The summed E-state index contributed by atoms with van der Waals surface area (Å²) in [4.78, 5) is 13.1. The monoisotopic (exact) mass is 1150 g/mol. The number of allylic oxidation sites excluding steroid dienone is 15. The molecule has 1 saturated heterocycles. The van der Waals surface area contributed by atoms with E-state index in [1.807, 2.05) is 6.08 Å². The van der Waals surface area contributed by atoms with Crippen molar-refractivity contribution in [1.82, 2.24) is 5.32 Å². The largest absolute Gasteiger partial charge is 0.394 e. The highest BCUT2D eigenvalue weighted by atomic mass is 16.7. The molecule has 1 rings (SSSR count). The molecule has 7 atom stereocenters. The fourth-order valence-electron chi connectivity index (χ4n) is 10.6. The molecule has 1 amide bonds. The Kier molecular flexibility index (Phi) is 57.6. The lowest BCUT2D eigenvalue weighted by Gasteiger charge is -2.40. The summed E-state index contributed by atoms with van der Waals surface area (Å²) in [5, 5.41) is 54.7. The van der Waals surface area contributed by atoms with Gasteiger partial charge in [0.15, 0.2) is 6.29 Å². The van der Waals surface area contributed by atoms with Crippen LogP contribution in [-0.4, -0.2) is 87.5 Å². The van der Waals surface area contributed by atoms with Crippen LogP contribution in [0.1, 0.15) is 303 Å². The number of carbonyl (C=O) groups excluding carboxylic acids is 1. The average molecular weight is 1150 g/mol. The number of ether oxygens (including phenoxy) is 2. The summed E-state index contributed by atoms with van der Waals surface area (Å²) < 4.78 is 11.3. The van der Waals surface area contributed by atoms with E-state index < -0.39 is 49.5 Å². The molecule has 1 aliphatic rings. The van der Waals surface area contributed by atoms with Gasteiger partial charge in [-0.25, -0.2) is 0 Å². The summed E-state index contributed by atoms with van der Waals surface area (Å²) in [5.74, 6) is -0.175. The number of rotatable bonds is 59. The van der Waals surface area contributed by atoms with Crippen molar-refractivity contribution in [2.75, 3.05) is 13.2 Å². The van der Waals surface area contributed by atoms with E-state index in [1.54, 1.807) is 6.08 Å². The first-order chi connectivity index (χ1) is 40.3. The van der Waals surface area contributed by atoms with E-state index in [0.29, 0.717) is 6.42 Å². The lowest BCUT2D eigenvalue weighted by Crippen LogP contribution is -2.60. The number of aliphatic hydroxyl groups excluding tert-OH is 5. The minimum absolute atomic E-state index is 0.175. The third-order valence-corrected chi connectivity index (χ3v) is 15.9. The van der Waals surface area contributed by atoms with Gasteiger partial charge >= 0.3 is 0 Å². The third-order valence-electron chi connectivity index (χ3n) is 15.9. The molecular formula is C73H129NO8. The number of hydrogen-bond donors (Lipinski definition) is 6. The molecule has 0 aliphatic carbocycles. The van der Waals surface area contributed by atoms with Crippen molar-refractivity contribution >= 4 is 5.91 Å². The molecule has 9 nitrogen and oxygen atoms in total. The predicted octanol–water partition coefficient (Wildman–Crippen LogP) is 18.7. The first kappa shape index (κ1) is 77.1. The van der Waals surface area contributed by atoms with Crippen molar-refractivity contribution < 1.29 is 39.8 Å². The zero-order valence-electron chi connectivity index (χ0n) is 53.0. The molecule has 0 saturated carbocycles. The number of unbranched alkanes of at least 4 members (excludes halogenated alkanes) is 35. The summed E-state index contributed by atoms with van der Waals surface area (Å²) in [6, 6.07) is -0.809. The molecule has 1 heterocycles. The first-order valence-electron chi connectivity index (χ1n) is 34.5. The second kappa shape index (κ2) is 61.2. The molecule has 0 aromatic heterocycles. The Hall–Kier alpha value is -2.89. The number of nitrogens with one attached hydrogen (secondary N) is 1. The SMILES string of the molecule is CC/C=C\C/C=C\C/C=C\C/C=C\C/C=C\C/C=C\C/C=C\CCCCCCCCCCCCCCCCCCCC(=O)NC(COC1OC(CO)C(O)C(O)C1O)C(O)/C=C/CCCCCCCCCCCCCCCCCCCC. The van der Waals surface area contributed by atoms with Gasteiger partial charge in [0.1, 0.15) is 24.4 Å². The second-order valence-electron chi connectivity index (χ2n) is 23.6. The van der Waals surface area contributed by atoms with Crippen LogP contribution in [0, 0.1) is 0 Å². The molecule has 82 heavy (non-hydrogen) atoms. The molecule has 7 unspecified atom stereocenters. The summed E-state index contributed by atoms with van der Waals surface area (Å²) in [6.45, 7) is 3.69. The normalized spacial score (nSPS) is 18.9. The van der Waals surface area contributed by atoms with E-state index in [4.69, 9.17) is 9.47 Å². The van der Waals surface area contributed by atoms with E-state index in [-0.39, 0.29) is 12.5 Å². The Morgan fingerprint density at radius 1 is 0.427 bits per heavy atom. The van der Waals surface area contributed by atoms with Gasteiger partial charge in [-0.15, -0.1) is 0 Å². The maximum absolute atomic E-state index is 13.1. The molecular weight excluding hydrogens is 1020 g/mol. The summed E-state index contributed by atoms with van der Waals surface area (Å²) in [6.07, 6.45) is 82.2. The van der Waals surface area contributed by atoms with Crippen molar-refractivity contribution in [2.24, 2.45) is 0 Å². The predicted molar refractivity (Wildman–Crippen MR) is 350 cm³/mol. The van der Waals surface area contributed by atoms with Crippen molar-refractivity contribution in [3.05, 3.63) is 97.2 Å².